The van der Waals surface area contributed by atoms with Gasteiger partial charge < -0.3 is 10.2 Å². The summed E-state index contributed by atoms with van der Waals surface area (Å²) in [4.78, 5) is 0. The van der Waals surface area contributed by atoms with Gasteiger partial charge >= 0.3 is 0 Å². The first-order valence-corrected chi connectivity index (χ1v) is 10.0. The molecule has 0 spiro atoms. The van der Waals surface area contributed by atoms with Crippen molar-refractivity contribution in [2.75, 3.05) is 0 Å². The molecule has 0 bridgehead atoms. The van der Waals surface area contributed by atoms with Crippen LogP contribution in [0, 0.1) is 0 Å². The molecule has 0 radical (unpaired) electrons. The molecule has 0 amide bonds. The van der Waals surface area contributed by atoms with Crippen LogP contribution in [0.5, 0.6) is 11.5 Å². The molecular formula is C27H22O2. The molecule has 142 valence electrons. The van der Waals surface area contributed by atoms with Crippen molar-refractivity contribution in [1.82, 2.24) is 0 Å². The zero-order valence-corrected chi connectivity index (χ0v) is 16.1. The van der Waals surface area contributed by atoms with Crippen LogP contribution in [-0.4, -0.2) is 10.2 Å². The van der Waals surface area contributed by atoms with E-state index in [1.54, 1.807) is 18.2 Å². The van der Waals surface area contributed by atoms with Crippen molar-refractivity contribution in [3.63, 3.8) is 0 Å². The molecule has 4 aromatic rings. The first-order valence-electron chi connectivity index (χ1n) is 10.0. The highest BCUT2D eigenvalue weighted by Gasteiger charge is 2.26. The van der Waals surface area contributed by atoms with Gasteiger partial charge in [0, 0.05) is 0 Å². The molecule has 1 aliphatic rings. The fourth-order valence-corrected chi connectivity index (χ4v) is 4.49. The van der Waals surface area contributed by atoms with Crippen LogP contribution < -0.4 is 0 Å². The summed E-state index contributed by atoms with van der Waals surface area (Å²) in [6.45, 7) is 0. The van der Waals surface area contributed by atoms with Gasteiger partial charge in [-0.1, -0.05) is 72.8 Å². The van der Waals surface area contributed by atoms with E-state index < -0.39 is 0 Å². The second kappa shape index (κ2) is 7.14. The molecule has 0 heterocycles. The van der Waals surface area contributed by atoms with E-state index in [-0.39, 0.29) is 11.5 Å². The Morgan fingerprint density at radius 2 is 1.31 bits per heavy atom. The van der Waals surface area contributed by atoms with Crippen LogP contribution in [0.25, 0.3) is 22.3 Å². The summed E-state index contributed by atoms with van der Waals surface area (Å²) in [6, 6.07) is 28.2. The molecule has 0 atom stereocenters. The first-order chi connectivity index (χ1) is 14.2. The van der Waals surface area contributed by atoms with Crippen LogP contribution >= 0.6 is 0 Å². The van der Waals surface area contributed by atoms with Crippen LogP contribution in [-0.2, 0) is 19.3 Å². The molecule has 0 aromatic heterocycles. The first kappa shape index (κ1) is 17.6. The minimum Gasteiger partial charge on any atom is -0.507 e. The Hall–Kier alpha value is -3.52. The molecule has 1 aliphatic carbocycles. The van der Waals surface area contributed by atoms with E-state index in [9.17, 15) is 10.2 Å². The summed E-state index contributed by atoms with van der Waals surface area (Å²) in [6.07, 6.45) is 2.75. The minimum atomic E-state index is 0.111. The van der Waals surface area contributed by atoms with Crippen LogP contribution in [0.1, 0.15) is 22.3 Å². The van der Waals surface area contributed by atoms with E-state index in [1.165, 1.54) is 33.4 Å². The average molecular weight is 378 g/mol. The predicted molar refractivity (Wildman–Crippen MR) is 117 cm³/mol. The molecule has 0 fully saturated rings. The summed E-state index contributed by atoms with van der Waals surface area (Å²) in [7, 11) is 0. The second-order valence-electron chi connectivity index (χ2n) is 7.62. The quantitative estimate of drug-likeness (QED) is 0.395. The highest BCUT2D eigenvalue weighted by atomic mass is 16.3. The summed E-state index contributed by atoms with van der Waals surface area (Å²) >= 11 is 0. The van der Waals surface area contributed by atoms with Crippen molar-refractivity contribution in [1.29, 1.82) is 0 Å². The number of fused-ring (bicyclic) bond motifs is 3. The Kier molecular flexibility index (Phi) is 4.33. The molecule has 2 heteroatoms. The Bertz CT molecular complexity index is 1170. The zero-order chi connectivity index (χ0) is 19.8. The number of benzene rings is 4. The molecule has 2 nitrogen and oxygen atoms in total. The third kappa shape index (κ3) is 3.07. The van der Waals surface area contributed by atoms with Crippen molar-refractivity contribution < 1.29 is 10.2 Å². The third-order valence-electron chi connectivity index (χ3n) is 5.87. The van der Waals surface area contributed by atoms with Crippen molar-refractivity contribution >= 4 is 0 Å². The van der Waals surface area contributed by atoms with Crippen LogP contribution in [0.2, 0.25) is 0 Å². The standard InChI is InChI=1S/C27H22O2/c28-24-11-6-12-25(29)27(24)22-16-15-19(14-13-18-7-2-1-3-8-18)26-21-10-5-4-9-20(21)17-23(22)26/h1-12,15-16,28-29H,13-14,17H2. The fraction of sp³-hybridized carbons (Fsp3) is 0.111. The van der Waals surface area contributed by atoms with Gasteiger partial charge in [0.2, 0.25) is 0 Å². The van der Waals surface area contributed by atoms with Gasteiger partial charge in [0.05, 0.1) is 5.56 Å². The van der Waals surface area contributed by atoms with Crippen LogP contribution in [0.15, 0.2) is 84.9 Å². The highest BCUT2D eigenvalue weighted by molar-refractivity contribution is 5.89. The van der Waals surface area contributed by atoms with E-state index in [0.29, 0.717) is 5.56 Å². The molecule has 0 saturated carbocycles. The Labute approximate surface area is 170 Å². The van der Waals surface area contributed by atoms with Gasteiger partial charge in [-0.15, -0.1) is 0 Å². The van der Waals surface area contributed by atoms with Crippen molar-refractivity contribution in [3.8, 4) is 33.8 Å². The third-order valence-corrected chi connectivity index (χ3v) is 5.87. The normalized spacial score (nSPS) is 11.9. The molecular weight excluding hydrogens is 356 g/mol. The largest absolute Gasteiger partial charge is 0.507 e. The lowest BCUT2D eigenvalue weighted by Crippen LogP contribution is -1.97. The molecule has 29 heavy (non-hydrogen) atoms. The number of phenolic OH excluding ortho intramolecular Hbond substituents is 2. The smallest absolute Gasteiger partial charge is 0.127 e. The van der Waals surface area contributed by atoms with Gasteiger partial charge in [-0.25, -0.2) is 0 Å². The average Bonchev–Trinajstić information content (AvgIpc) is 3.14. The van der Waals surface area contributed by atoms with Gasteiger partial charge in [0.15, 0.2) is 0 Å². The summed E-state index contributed by atoms with van der Waals surface area (Å²) in [5.74, 6) is 0.223. The number of rotatable bonds is 4. The number of aromatic hydroxyl groups is 2. The summed E-state index contributed by atoms with van der Waals surface area (Å²) < 4.78 is 0. The van der Waals surface area contributed by atoms with Gasteiger partial charge in [-0.2, -0.15) is 0 Å². The van der Waals surface area contributed by atoms with Gasteiger partial charge in [0.1, 0.15) is 11.5 Å². The van der Waals surface area contributed by atoms with E-state index >= 15 is 0 Å². The molecule has 0 unspecified atom stereocenters. The van der Waals surface area contributed by atoms with E-state index in [2.05, 4.69) is 60.7 Å². The number of phenols is 2. The van der Waals surface area contributed by atoms with E-state index in [4.69, 9.17) is 0 Å². The van der Waals surface area contributed by atoms with E-state index in [1.807, 2.05) is 6.07 Å². The van der Waals surface area contributed by atoms with Crippen LogP contribution in [0.4, 0.5) is 0 Å². The number of hydrogen-bond acceptors (Lipinski definition) is 2. The lowest BCUT2D eigenvalue weighted by atomic mass is 9.89. The Morgan fingerprint density at radius 3 is 2.10 bits per heavy atom. The molecule has 4 aromatic carbocycles. The maximum Gasteiger partial charge on any atom is 0.127 e. The SMILES string of the molecule is Oc1cccc(O)c1-c1ccc(CCc2ccccc2)c2c1Cc1ccccc1-2. The number of aryl methyl sites for hydroxylation is 2. The van der Waals surface area contributed by atoms with Crippen molar-refractivity contribution in [2.45, 2.75) is 19.3 Å². The van der Waals surface area contributed by atoms with Gasteiger partial charge in [0.25, 0.3) is 0 Å². The van der Waals surface area contributed by atoms with Gasteiger partial charge in [-0.05, 0) is 70.3 Å². The Morgan fingerprint density at radius 1 is 0.586 bits per heavy atom. The zero-order valence-electron chi connectivity index (χ0n) is 16.1. The molecule has 0 saturated heterocycles. The molecule has 5 rings (SSSR count). The summed E-state index contributed by atoms with van der Waals surface area (Å²) in [5.41, 5.74) is 9.09. The molecule has 2 N–H and O–H groups in total. The predicted octanol–water partition coefficient (Wildman–Crippen LogP) is 6.12. The summed E-state index contributed by atoms with van der Waals surface area (Å²) in [5, 5.41) is 20.9. The van der Waals surface area contributed by atoms with Crippen molar-refractivity contribution in [2.24, 2.45) is 0 Å². The highest BCUT2D eigenvalue weighted by Crippen LogP contribution is 2.47. The van der Waals surface area contributed by atoms with Gasteiger partial charge in [-0.3, -0.25) is 0 Å². The lowest BCUT2D eigenvalue weighted by molar-refractivity contribution is 0.454. The van der Waals surface area contributed by atoms with E-state index in [0.717, 1.165) is 24.8 Å². The maximum atomic E-state index is 10.5. The minimum absolute atomic E-state index is 0.111. The fourth-order valence-electron chi connectivity index (χ4n) is 4.49. The topological polar surface area (TPSA) is 40.5 Å². The number of hydrogen-bond donors (Lipinski definition) is 2. The van der Waals surface area contributed by atoms with Crippen LogP contribution in [0.3, 0.4) is 0 Å². The monoisotopic (exact) mass is 378 g/mol. The lowest BCUT2D eigenvalue weighted by Gasteiger charge is -2.16. The Balaban J connectivity index is 1.64. The maximum absolute atomic E-state index is 10.5. The second-order valence-corrected chi connectivity index (χ2v) is 7.62. The van der Waals surface area contributed by atoms with Crippen molar-refractivity contribution in [3.05, 3.63) is 107 Å². The molecule has 0 aliphatic heterocycles.